The van der Waals surface area contributed by atoms with Crippen LogP contribution in [0.25, 0.3) is 0 Å². The van der Waals surface area contributed by atoms with Crippen molar-refractivity contribution in [3.05, 3.63) is 30.1 Å². The van der Waals surface area contributed by atoms with Gasteiger partial charge in [0.1, 0.15) is 11.6 Å². The minimum absolute atomic E-state index is 0.0541. The Morgan fingerprint density at radius 3 is 3.14 bits per heavy atom. The summed E-state index contributed by atoms with van der Waals surface area (Å²) >= 11 is 0. The highest BCUT2D eigenvalue weighted by molar-refractivity contribution is 5.76. The van der Waals surface area contributed by atoms with Gasteiger partial charge in [-0.1, -0.05) is 13.0 Å². The quantitative estimate of drug-likeness (QED) is 0.790. The van der Waals surface area contributed by atoms with Crippen LogP contribution in [0, 0.1) is 11.7 Å². The maximum atomic E-state index is 13.0. The third-order valence-electron chi connectivity index (χ3n) is 3.79. The number of hydrogen-bond acceptors (Lipinski definition) is 3. The first-order valence-corrected chi connectivity index (χ1v) is 7.53. The van der Waals surface area contributed by atoms with E-state index in [2.05, 4.69) is 17.6 Å². The molecule has 5 heteroatoms. The van der Waals surface area contributed by atoms with Crippen LogP contribution in [0.5, 0.6) is 5.75 Å². The van der Waals surface area contributed by atoms with Crippen LogP contribution in [0.2, 0.25) is 0 Å². The number of ether oxygens (including phenoxy) is 1. The van der Waals surface area contributed by atoms with Crippen molar-refractivity contribution < 1.29 is 13.9 Å². The molecule has 21 heavy (non-hydrogen) atoms. The van der Waals surface area contributed by atoms with Gasteiger partial charge in [0.2, 0.25) is 5.91 Å². The molecule has 0 saturated carbocycles. The Morgan fingerprint density at radius 1 is 1.52 bits per heavy atom. The van der Waals surface area contributed by atoms with E-state index < -0.39 is 0 Å². The predicted molar refractivity (Wildman–Crippen MR) is 79.7 cm³/mol. The molecule has 1 aliphatic rings. The van der Waals surface area contributed by atoms with Crippen molar-refractivity contribution in [3.8, 4) is 5.75 Å². The molecule has 2 atom stereocenters. The van der Waals surface area contributed by atoms with Crippen LogP contribution in [0.1, 0.15) is 26.2 Å². The maximum absolute atomic E-state index is 13.0. The van der Waals surface area contributed by atoms with Gasteiger partial charge in [-0.15, -0.1) is 0 Å². The van der Waals surface area contributed by atoms with Gasteiger partial charge >= 0.3 is 0 Å². The van der Waals surface area contributed by atoms with Crippen molar-refractivity contribution in [1.82, 2.24) is 10.6 Å². The van der Waals surface area contributed by atoms with Crippen molar-refractivity contribution in [2.45, 2.75) is 32.2 Å². The monoisotopic (exact) mass is 294 g/mol. The lowest BCUT2D eigenvalue weighted by Crippen LogP contribution is -2.50. The van der Waals surface area contributed by atoms with Crippen molar-refractivity contribution >= 4 is 5.91 Å². The van der Waals surface area contributed by atoms with Crippen molar-refractivity contribution in [2.24, 2.45) is 5.92 Å². The van der Waals surface area contributed by atoms with Crippen LogP contribution in [0.3, 0.4) is 0 Å². The van der Waals surface area contributed by atoms with Gasteiger partial charge in [-0.3, -0.25) is 4.79 Å². The molecule has 0 aliphatic carbocycles. The van der Waals surface area contributed by atoms with E-state index in [-0.39, 0.29) is 17.8 Å². The molecule has 2 rings (SSSR count). The van der Waals surface area contributed by atoms with Crippen LogP contribution in [0.4, 0.5) is 4.39 Å². The normalized spacial score (nSPS) is 21.8. The molecular formula is C16H23FN2O2. The van der Waals surface area contributed by atoms with E-state index in [0.29, 0.717) is 31.1 Å². The molecule has 1 aromatic rings. The average molecular weight is 294 g/mol. The van der Waals surface area contributed by atoms with Crippen molar-refractivity contribution in [2.75, 3.05) is 19.7 Å². The first-order chi connectivity index (χ1) is 10.1. The van der Waals surface area contributed by atoms with E-state index in [9.17, 15) is 9.18 Å². The summed E-state index contributed by atoms with van der Waals surface area (Å²) in [6.07, 6.45) is 2.14. The van der Waals surface area contributed by atoms with Gasteiger partial charge in [0.05, 0.1) is 6.61 Å². The fraction of sp³-hybridized carbons (Fsp3) is 0.562. The first-order valence-electron chi connectivity index (χ1n) is 7.53. The molecule has 0 aromatic heterocycles. The number of carbonyl (C=O) groups excluding carboxylic acids is 1. The zero-order valence-electron chi connectivity index (χ0n) is 12.4. The number of rotatable bonds is 6. The van der Waals surface area contributed by atoms with E-state index in [1.54, 1.807) is 12.1 Å². The molecule has 116 valence electrons. The largest absolute Gasteiger partial charge is 0.493 e. The first kappa shape index (κ1) is 15.8. The molecule has 4 nitrogen and oxygen atoms in total. The second kappa shape index (κ2) is 7.98. The van der Waals surface area contributed by atoms with Gasteiger partial charge in [-0.05, 0) is 37.4 Å². The highest BCUT2D eigenvalue weighted by atomic mass is 19.1. The van der Waals surface area contributed by atoms with Gasteiger partial charge in [-0.25, -0.2) is 4.39 Å². The number of benzene rings is 1. The highest BCUT2D eigenvalue weighted by Gasteiger charge is 2.22. The molecule has 0 spiro atoms. The summed E-state index contributed by atoms with van der Waals surface area (Å²) in [6, 6.07) is 6.25. The third-order valence-corrected chi connectivity index (χ3v) is 3.79. The molecule has 1 amide bonds. The Morgan fingerprint density at radius 2 is 2.38 bits per heavy atom. The fourth-order valence-corrected chi connectivity index (χ4v) is 2.44. The summed E-state index contributed by atoms with van der Waals surface area (Å²) in [5.41, 5.74) is 0. The summed E-state index contributed by atoms with van der Waals surface area (Å²) in [4.78, 5) is 11.9. The molecule has 2 unspecified atom stereocenters. The highest BCUT2D eigenvalue weighted by Crippen LogP contribution is 2.13. The van der Waals surface area contributed by atoms with Gasteiger partial charge in [0.25, 0.3) is 0 Å². The van der Waals surface area contributed by atoms with Crippen LogP contribution in [-0.4, -0.2) is 31.6 Å². The molecule has 2 N–H and O–H groups in total. The lowest BCUT2D eigenvalue weighted by molar-refractivity contribution is -0.122. The van der Waals surface area contributed by atoms with Gasteiger partial charge in [-0.2, -0.15) is 0 Å². The second-order valence-electron chi connectivity index (χ2n) is 5.55. The van der Waals surface area contributed by atoms with Gasteiger partial charge < -0.3 is 15.4 Å². The van der Waals surface area contributed by atoms with Crippen LogP contribution >= 0.6 is 0 Å². The number of carbonyl (C=O) groups is 1. The topological polar surface area (TPSA) is 50.4 Å². The summed E-state index contributed by atoms with van der Waals surface area (Å²) in [7, 11) is 0. The average Bonchev–Trinajstić information content (AvgIpc) is 2.46. The molecule has 1 heterocycles. The molecule has 0 radical (unpaired) electrons. The summed E-state index contributed by atoms with van der Waals surface area (Å²) in [5, 5.41) is 6.35. The fourth-order valence-electron chi connectivity index (χ4n) is 2.44. The number of piperidine rings is 1. The Balaban J connectivity index is 1.63. The van der Waals surface area contributed by atoms with E-state index in [1.165, 1.54) is 12.1 Å². The summed E-state index contributed by atoms with van der Waals surface area (Å²) < 4.78 is 18.4. The van der Waals surface area contributed by atoms with Crippen molar-refractivity contribution in [1.29, 1.82) is 0 Å². The zero-order valence-corrected chi connectivity index (χ0v) is 12.4. The second-order valence-corrected chi connectivity index (χ2v) is 5.55. The molecule has 1 saturated heterocycles. The molecule has 1 fully saturated rings. The predicted octanol–water partition coefficient (Wildman–Crippen LogP) is 2.10. The van der Waals surface area contributed by atoms with E-state index in [4.69, 9.17) is 4.74 Å². The van der Waals surface area contributed by atoms with Crippen molar-refractivity contribution in [3.63, 3.8) is 0 Å². The lowest BCUT2D eigenvalue weighted by atomic mass is 9.95. The van der Waals surface area contributed by atoms with Crippen LogP contribution in [0.15, 0.2) is 24.3 Å². The molecule has 1 aromatic carbocycles. The number of halogens is 1. The van der Waals surface area contributed by atoms with E-state index >= 15 is 0 Å². The number of amides is 1. The Bertz CT molecular complexity index is 467. The number of nitrogens with one attached hydrogen (secondary N) is 2. The zero-order chi connectivity index (χ0) is 15.1. The SMILES string of the molecule is CC1CCNCC1NC(=O)CCCOc1cccc(F)c1. The molecular weight excluding hydrogens is 271 g/mol. The standard InChI is InChI=1S/C16H23FN2O2/c1-12-7-8-18-11-15(12)19-16(20)6-3-9-21-14-5-2-4-13(17)10-14/h2,4-5,10,12,15,18H,3,6-9,11H2,1H3,(H,19,20). The van der Waals surface area contributed by atoms with E-state index in [0.717, 1.165) is 19.5 Å². The maximum Gasteiger partial charge on any atom is 0.220 e. The van der Waals surface area contributed by atoms with Crippen LogP contribution < -0.4 is 15.4 Å². The minimum atomic E-state index is -0.316. The summed E-state index contributed by atoms with van der Waals surface area (Å²) in [6.45, 7) is 4.44. The Labute approximate surface area is 125 Å². The van der Waals surface area contributed by atoms with E-state index in [1.807, 2.05) is 0 Å². The Kier molecular flexibility index (Phi) is 5.99. The minimum Gasteiger partial charge on any atom is -0.493 e. The Hall–Kier alpha value is -1.62. The van der Waals surface area contributed by atoms with Gasteiger partial charge in [0, 0.05) is 25.1 Å². The lowest BCUT2D eigenvalue weighted by Gasteiger charge is -2.30. The summed E-state index contributed by atoms with van der Waals surface area (Å²) in [5.74, 6) is 0.752. The number of hydrogen-bond donors (Lipinski definition) is 2. The van der Waals surface area contributed by atoms with Gasteiger partial charge in [0.15, 0.2) is 0 Å². The third kappa shape index (κ3) is 5.34. The smallest absolute Gasteiger partial charge is 0.220 e. The van der Waals surface area contributed by atoms with Crippen LogP contribution in [-0.2, 0) is 4.79 Å². The molecule has 1 aliphatic heterocycles. The molecule has 0 bridgehead atoms.